The molecule has 0 aromatic heterocycles. The Morgan fingerprint density at radius 2 is 0.857 bits per heavy atom. The van der Waals surface area contributed by atoms with E-state index in [0.29, 0.717) is 0 Å². The number of aliphatic hydroxyl groups is 8. The molecule has 0 bridgehead atoms. The van der Waals surface area contributed by atoms with Crippen molar-refractivity contribution in [3.05, 3.63) is 0 Å². The zero-order valence-corrected chi connectivity index (χ0v) is 16.3. The Kier molecular flexibility index (Phi) is 21.1. The second-order valence-electron chi connectivity index (χ2n) is 4.67. The predicted octanol–water partition coefficient (Wildman–Crippen LogP) is -10.4. The first-order chi connectivity index (χ1) is 11.8. The average molecular weight is 444 g/mol. The third kappa shape index (κ3) is 11.9. The van der Waals surface area contributed by atoms with Gasteiger partial charge in [0.15, 0.2) is 0 Å². The van der Waals surface area contributed by atoms with Gasteiger partial charge in [-0.3, -0.25) is 9.59 Å². The van der Waals surface area contributed by atoms with E-state index in [1.54, 1.807) is 0 Å². The molecule has 6 unspecified atom stereocenters. The van der Waals surface area contributed by atoms with Gasteiger partial charge in [0.1, 0.15) is 48.6 Å². The van der Waals surface area contributed by atoms with Crippen LogP contribution in [-0.4, -0.2) is 157 Å². The molecule has 0 aliphatic heterocycles. The molecule has 0 fully saturated rings. The minimum absolute atomic E-state index is 0. The van der Waals surface area contributed by atoms with Crippen LogP contribution in [0, 0.1) is 0 Å². The van der Waals surface area contributed by atoms with Gasteiger partial charge in [0.05, 0.1) is 13.2 Å². The maximum Gasteiger partial charge on any atom is 2.00 e. The molecule has 0 aromatic rings. The van der Waals surface area contributed by atoms with E-state index in [-0.39, 0.29) is 43.2 Å². The van der Waals surface area contributed by atoms with Gasteiger partial charge in [0.2, 0.25) is 11.6 Å². The summed E-state index contributed by atoms with van der Waals surface area (Å²) in [5.74, 6) is -7.84. The summed E-state index contributed by atoms with van der Waals surface area (Å²) in [5.41, 5.74) is 0. The van der Waals surface area contributed by atoms with Gasteiger partial charge in [0, 0.05) is 0 Å². The first-order valence-corrected chi connectivity index (χ1v) is 6.63. The van der Waals surface area contributed by atoms with E-state index in [9.17, 15) is 29.4 Å². The van der Waals surface area contributed by atoms with Crippen molar-refractivity contribution in [1.82, 2.24) is 0 Å². The Balaban J connectivity index is -0.000000192. The number of hydrogen-bond donors (Lipinski definition) is 8. The second-order valence-corrected chi connectivity index (χ2v) is 4.67. The van der Waals surface area contributed by atoms with E-state index in [1.807, 2.05) is 0 Å². The van der Waals surface area contributed by atoms with Crippen LogP contribution in [0.15, 0.2) is 0 Å². The quantitative estimate of drug-likeness (QED) is 0.115. The van der Waals surface area contributed by atoms with Crippen LogP contribution in [0.1, 0.15) is 0 Å². The van der Waals surface area contributed by atoms with Crippen LogP contribution < -0.4 is 10.2 Å². The number of aliphatic carboxylic acids is 2. The van der Waals surface area contributed by atoms with Gasteiger partial charge in [-0.05, 0) is 0 Å². The topological polar surface area (TPSA) is 308 Å². The van der Waals surface area contributed by atoms with Crippen LogP contribution in [0.2, 0.25) is 0 Å². The van der Waals surface area contributed by atoms with Crippen molar-refractivity contribution in [2.75, 3.05) is 13.2 Å². The minimum atomic E-state index is -2.30. The zero-order chi connectivity index (χ0) is 21.2. The number of carbonyl (C=O) groups is 4. The number of carboxylic acids is 2. The number of ketones is 2. The number of hydrogen-bond acceptors (Lipinski definition) is 14. The number of carbonyl (C=O) groups excluding carboxylic acids is 4. The Bertz CT molecular complexity index is 453. The van der Waals surface area contributed by atoms with E-state index in [0.717, 1.165) is 0 Å². The minimum Gasteiger partial charge on any atom is -0.542 e. The molecule has 0 saturated heterocycles. The molecule has 28 heavy (non-hydrogen) atoms. The van der Waals surface area contributed by atoms with Crippen LogP contribution in [0.5, 0.6) is 0 Å². The van der Waals surface area contributed by atoms with Gasteiger partial charge in [-0.2, -0.15) is 0 Å². The smallest absolute Gasteiger partial charge is 0.542 e. The van der Waals surface area contributed by atoms with Crippen molar-refractivity contribution in [3.8, 4) is 0 Å². The average Bonchev–Trinajstić information content (AvgIpc) is 2.62. The molecular formula is C12H20CaO15. The molecule has 160 valence electrons. The predicted molar refractivity (Wildman–Crippen MR) is 79.6 cm³/mol. The third-order valence-corrected chi connectivity index (χ3v) is 2.75. The summed E-state index contributed by atoms with van der Waals surface area (Å²) in [4.78, 5) is 40.6. The monoisotopic (exact) mass is 444 g/mol. The summed E-state index contributed by atoms with van der Waals surface area (Å²) < 4.78 is 0. The number of Topliss-reactive ketones (excluding diaryl/α,β-unsaturated/α-hetero) is 2. The van der Waals surface area contributed by atoms with Crippen molar-refractivity contribution in [2.24, 2.45) is 0 Å². The van der Waals surface area contributed by atoms with E-state index >= 15 is 0 Å². The van der Waals surface area contributed by atoms with Crippen LogP contribution in [0.4, 0.5) is 0 Å². The van der Waals surface area contributed by atoms with Crippen molar-refractivity contribution >= 4 is 61.2 Å². The normalized spacial score (nSPS) is 16.3. The summed E-state index contributed by atoms with van der Waals surface area (Å²) in [7, 11) is 0. The maximum absolute atomic E-state index is 10.4. The molecule has 6 atom stereocenters. The van der Waals surface area contributed by atoms with Crippen molar-refractivity contribution in [1.29, 1.82) is 0 Å². The first-order valence-electron chi connectivity index (χ1n) is 6.63. The van der Waals surface area contributed by atoms with Gasteiger partial charge in [-0.1, -0.05) is 0 Å². The fourth-order valence-electron chi connectivity index (χ4n) is 1.19. The van der Waals surface area contributed by atoms with Crippen LogP contribution >= 0.6 is 0 Å². The molecule has 0 amide bonds. The second kappa shape index (κ2) is 17.1. The molecule has 0 radical (unpaired) electrons. The Morgan fingerprint density at radius 3 is 1.00 bits per heavy atom. The molecule has 15 nitrogen and oxygen atoms in total. The Morgan fingerprint density at radius 1 is 0.643 bits per heavy atom. The maximum atomic E-state index is 10.4. The van der Waals surface area contributed by atoms with Crippen LogP contribution in [-0.2, 0) is 19.2 Å². The molecule has 16 heteroatoms. The summed E-state index contributed by atoms with van der Waals surface area (Å²) in [6.07, 6.45) is -12.2. The van der Waals surface area contributed by atoms with Gasteiger partial charge < -0.3 is 66.1 Å². The Hall–Kier alpha value is -0.820. The number of aliphatic hydroxyl groups excluding tert-OH is 8. The molecule has 0 rings (SSSR count). The molecule has 10 N–H and O–H groups in total. The van der Waals surface area contributed by atoms with E-state index in [2.05, 4.69) is 0 Å². The molecule has 0 heterocycles. The summed E-state index contributed by atoms with van der Waals surface area (Å²) >= 11 is 0. The molecule has 0 spiro atoms. The summed E-state index contributed by atoms with van der Waals surface area (Å²) in [5, 5.41) is 88.9. The molecular weight excluding hydrogens is 424 g/mol. The molecule has 0 aliphatic rings. The van der Waals surface area contributed by atoms with Crippen molar-refractivity contribution in [2.45, 2.75) is 36.6 Å². The van der Waals surface area contributed by atoms with Crippen molar-refractivity contribution in [3.63, 3.8) is 0 Å². The summed E-state index contributed by atoms with van der Waals surface area (Å²) in [6.45, 7) is -1.81. The van der Waals surface area contributed by atoms with Crippen molar-refractivity contribution < 1.29 is 75.7 Å². The fraction of sp³-hybridized carbons (Fsp3) is 0.667. The Labute approximate surface area is 186 Å². The number of carboxylic acid groups (broad SMARTS) is 2. The zero-order valence-electron chi connectivity index (χ0n) is 14.1. The van der Waals surface area contributed by atoms with E-state index in [1.165, 1.54) is 0 Å². The van der Waals surface area contributed by atoms with Gasteiger partial charge >= 0.3 is 37.7 Å². The SMILES string of the molecule is O.O=C([O-])C(=O)C(O)C(O)C(O)CO.O=C([O-])C(=O)C(O)C(O)C(O)CO.[Ca+2]. The standard InChI is InChI=1S/2C6H10O7.Ca.H2O/c2*7-1-2(8)3(9)4(10)5(11)6(12)13;;/h2*2-4,7-10H,1H2,(H,12,13);;1H2/q;;+2;/p-2. The molecule has 0 saturated carbocycles. The van der Waals surface area contributed by atoms with Crippen LogP contribution in [0.25, 0.3) is 0 Å². The largest absolute Gasteiger partial charge is 2.00 e. The van der Waals surface area contributed by atoms with Gasteiger partial charge in [0.25, 0.3) is 0 Å². The van der Waals surface area contributed by atoms with Gasteiger partial charge in [-0.25, -0.2) is 0 Å². The van der Waals surface area contributed by atoms with Gasteiger partial charge in [-0.15, -0.1) is 0 Å². The fourth-order valence-corrected chi connectivity index (χ4v) is 1.19. The number of rotatable bonds is 10. The van der Waals surface area contributed by atoms with E-state index < -0.39 is 73.3 Å². The molecule has 0 aliphatic carbocycles. The van der Waals surface area contributed by atoms with Crippen LogP contribution in [0.3, 0.4) is 0 Å². The third-order valence-electron chi connectivity index (χ3n) is 2.75. The first kappa shape index (κ1) is 34.7. The molecule has 0 aromatic carbocycles. The summed E-state index contributed by atoms with van der Waals surface area (Å²) in [6, 6.07) is 0. The van der Waals surface area contributed by atoms with E-state index in [4.69, 9.17) is 40.9 Å².